The Morgan fingerprint density at radius 3 is 1.54 bits per heavy atom. The second-order valence-electron chi connectivity index (χ2n) is 14.4. The highest BCUT2D eigenvalue weighted by atomic mass is 16.3. The predicted molar refractivity (Wildman–Crippen MR) is 230 cm³/mol. The van der Waals surface area contributed by atoms with Crippen LogP contribution in [0.15, 0.2) is 192 Å². The van der Waals surface area contributed by atoms with Crippen LogP contribution in [-0.4, -0.2) is 0 Å². The number of nitrogens with zero attached hydrogens (tertiary/aromatic N) is 1. The van der Waals surface area contributed by atoms with Crippen LogP contribution in [0.3, 0.4) is 0 Å². The third-order valence-corrected chi connectivity index (χ3v) is 11.5. The fourth-order valence-corrected chi connectivity index (χ4v) is 9.18. The molecule has 1 heterocycles. The third kappa shape index (κ3) is 4.17. The van der Waals surface area contributed by atoms with Gasteiger partial charge in [0.05, 0.1) is 5.69 Å². The van der Waals surface area contributed by atoms with Crippen LogP contribution in [0.1, 0.15) is 0 Å². The Morgan fingerprint density at radius 1 is 0.296 bits per heavy atom. The van der Waals surface area contributed by atoms with Gasteiger partial charge in [0, 0.05) is 32.9 Å². The molecule has 12 aromatic rings. The van der Waals surface area contributed by atoms with Gasteiger partial charge in [-0.1, -0.05) is 146 Å². The van der Waals surface area contributed by atoms with Crippen LogP contribution >= 0.6 is 0 Å². The standard InChI is InChI=1S/C52H31NO/c1-2-10-32(11-3-1)33-24-26-37(27-25-33)53(38-28-29-48-45(31-38)39-15-4-5-21-47(39)54-48)46-30-36-14-8-18-41-40-16-6-12-34-22-23-35-13-7-17-42(50(35)49(34)40)43-19-9-20-44(46)52(43)51(36)41/h1-31H. The van der Waals surface area contributed by atoms with Gasteiger partial charge in [-0.3, -0.25) is 0 Å². The molecule has 0 spiro atoms. The van der Waals surface area contributed by atoms with Gasteiger partial charge in [0.2, 0.25) is 0 Å². The average Bonchev–Trinajstić information content (AvgIpc) is 3.61. The second kappa shape index (κ2) is 11.2. The van der Waals surface area contributed by atoms with E-state index in [0.29, 0.717) is 0 Å². The molecular weight excluding hydrogens is 655 g/mol. The lowest BCUT2D eigenvalue weighted by atomic mass is 9.87. The molecule has 0 fully saturated rings. The van der Waals surface area contributed by atoms with Crippen molar-refractivity contribution in [2.75, 3.05) is 4.90 Å². The largest absolute Gasteiger partial charge is 0.456 e. The first-order chi connectivity index (χ1) is 26.8. The van der Waals surface area contributed by atoms with Crippen molar-refractivity contribution in [3.63, 3.8) is 0 Å². The van der Waals surface area contributed by atoms with Crippen LogP contribution < -0.4 is 4.90 Å². The SMILES string of the molecule is c1ccc(-c2ccc(N(c3ccc4oc5ccccc5c4c3)c3cc4cccc5c6cccc7ccc8cccc(c9cccc3c9c45)c8c76)cc2)cc1. The van der Waals surface area contributed by atoms with Crippen LogP contribution in [-0.2, 0) is 0 Å². The van der Waals surface area contributed by atoms with Crippen LogP contribution in [0, 0.1) is 0 Å². The van der Waals surface area contributed by atoms with E-state index in [1.54, 1.807) is 0 Å². The Balaban J connectivity index is 1.23. The normalized spacial score (nSPS) is 12.1. The maximum Gasteiger partial charge on any atom is 0.135 e. The molecular formula is C52H31NO. The van der Waals surface area contributed by atoms with Crippen LogP contribution in [0.2, 0.25) is 0 Å². The first-order valence-corrected chi connectivity index (χ1v) is 18.6. The highest BCUT2D eigenvalue weighted by molar-refractivity contribution is 6.38. The second-order valence-corrected chi connectivity index (χ2v) is 14.4. The van der Waals surface area contributed by atoms with Crippen molar-refractivity contribution in [3.05, 3.63) is 188 Å². The summed E-state index contributed by atoms with van der Waals surface area (Å²) in [5, 5.41) is 17.5. The van der Waals surface area contributed by atoms with Gasteiger partial charge in [-0.15, -0.1) is 0 Å². The Hall–Kier alpha value is -7.16. The van der Waals surface area contributed by atoms with Crippen molar-refractivity contribution in [3.8, 4) is 11.1 Å². The van der Waals surface area contributed by atoms with Gasteiger partial charge in [-0.25, -0.2) is 0 Å². The lowest BCUT2D eigenvalue weighted by Gasteiger charge is -2.28. The van der Waals surface area contributed by atoms with Gasteiger partial charge in [0.25, 0.3) is 0 Å². The first kappa shape index (κ1) is 29.4. The van der Waals surface area contributed by atoms with E-state index in [1.807, 2.05) is 12.1 Å². The number of benzene rings is 10. The summed E-state index contributed by atoms with van der Waals surface area (Å²) >= 11 is 0. The molecule has 54 heavy (non-hydrogen) atoms. The summed E-state index contributed by atoms with van der Waals surface area (Å²) in [5.74, 6) is 0. The van der Waals surface area contributed by atoms with E-state index in [1.165, 1.54) is 75.8 Å². The molecule has 0 radical (unpaired) electrons. The lowest BCUT2D eigenvalue weighted by Crippen LogP contribution is -2.10. The van der Waals surface area contributed by atoms with Crippen molar-refractivity contribution >= 4 is 104 Å². The van der Waals surface area contributed by atoms with Gasteiger partial charge in [-0.05, 0) is 107 Å². The summed E-state index contributed by atoms with van der Waals surface area (Å²) in [6, 6.07) is 68.8. The molecule has 0 aliphatic heterocycles. The summed E-state index contributed by atoms with van der Waals surface area (Å²) in [6.07, 6.45) is 0. The predicted octanol–water partition coefficient (Wildman–Crippen LogP) is 15.1. The number of anilines is 3. The smallest absolute Gasteiger partial charge is 0.135 e. The fraction of sp³-hybridized carbons (Fsp3) is 0. The number of fused-ring (bicyclic) bond motifs is 5. The maximum absolute atomic E-state index is 6.31. The molecule has 2 nitrogen and oxygen atoms in total. The Labute approximate surface area is 311 Å². The molecule has 11 aromatic carbocycles. The number of para-hydroxylation sites is 1. The molecule has 0 bridgehead atoms. The van der Waals surface area contributed by atoms with Crippen molar-refractivity contribution in [2.24, 2.45) is 0 Å². The van der Waals surface area contributed by atoms with Crippen molar-refractivity contribution in [1.82, 2.24) is 0 Å². The lowest BCUT2D eigenvalue weighted by molar-refractivity contribution is 0.669. The average molecular weight is 686 g/mol. The van der Waals surface area contributed by atoms with E-state index in [-0.39, 0.29) is 0 Å². The molecule has 2 heteroatoms. The zero-order valence-corrected chi connectivity index (χ0v) is 29.3. The van der Waals surface area contributed by atoms with Gasteiger partial charge < -0.3 is 9.32 Å². The highest BCUT2D eigenvalue weighted by Gasteiger charge is 2.22. The summed E-state index contributed by atoms with van der Waals surface area (Å²) in [7, 11) is 0. The molecule has 0 unspecified atom stereocenters. The molecule has 0 aliphatic carbocycles. The van der Waals surface area contributed by atoms with E-state index >= 15 is 0 Å². The summed E-state index contributed by atoms with van der Waals surface area (Å²) < 4.78 is 6.31. The van der Waals surface area contributed by atoms with E-state index in [0.717, 1.165) is 39.0 Å². The Bertz CT molecular complexity index is 3430. The minimum absolute atomic E-state index is 0.887. The molecule has 0 aliphatic rings. The van der Waals surface area contributed by atoms with Crippen LogP contribution in [0.25, 0.3) is 97.7 Å². The summed E-state index contributed by atoms with van der Waals surface area (Å²) in [6.45, 7) is 0. The quantitative estimate of drug-likeness (QED) is 0.172. The van der Waals surface area contributed by atoms with E-state index in [9.17, 15) is 0 Å². The van der Waals surface area contributed by atoms with Crippen molar-refractivity contribution in [2.45, 2.75) is 0 Å². The molecule has 12 rings (SSSR count). The molecule has 0 N–H and O–H groups in total. The number of hydrogen-bond donors (Lipinski definition) is 0. The molecule has 250 valence electrons. The van der Waals surface area contributed by atoms with Gasteiger partial charge in [-0.2, -0.15) is 0 Å². The molecule has 0 amide bonds. The van der Waals surface area contributed by atoms with E-state index < -0.39 is 0 Å². The Kier molecular flexibility index (Phi) is 6.09. The zero-order chi connectivity index (χ0) is 35.3. The number of furan rings is 1. The van der Waals surface area contributed by atoms with Crippen LogP contribution in [0.5, 0.6) is 0 Å². The number of rotatable bonds is 4. The van der Waals surface area contributed by atoms with Crippen molar-refractivity contribution in [1.29, 1.82) is 0 Å². The minimum atomic E-state index is 0.887. The maximum atomic E-state index is 6.31. The van der Waals surface area contributed by atoms with Gasteiger partial charge in [0.15, 0.2) is 0 Å². The Morgan fingerprint density at radius 2 is 0.815 bits per heavy atom. The molecule has 0 saturated carbocycles. The van der Waals surface area contributed by atoms with Crippen molar-refractivity contribution < 1.29 is 4.42 Å². The van der Waals surface area contributed by atoms with Gasteiger partial charge in [0.1, 0.15) is 11.2 Å². The monoisotopic (exact) mass is 685 g/mol. The van der Waals surface area contributed by atoms with E-state index in [4.69, 9.17) is 4.42 Å². The third-order valence-electron chi connectivity index (χ3n) is 11.5. The minimum Gasteiger partial charge on any atom is -0.456 e. The topological polar surface area (TPSA) is 16.4 Å². The summed E-state index contributed by atoms with van der Waals surface area (Å²) in [5.41, 5.74) is 7.48. The first-order valence-electron chi connectivity index (χ1n) is 18.6. The number of hydrogen-bond acceptors (Lipinski definition) is 2. The van der Waals surface area contributed by atoms with Gasteiger partial charge >= 0.3 is 0 Å². The molecule has 0 atom stereocenters. The zero-order valence-electron chi connectivity index (χ0n) is 29.3. The van der Waals surface area contributed by atoms with E-state index in [2.05, 4.69) is 181 Å². The molecule has 0 saturated heterocycles. The molecule has 1 aromatic heterocycles. The summed E-state index contributed by atoms with van der Waals surface area (Å²) in [4.78, 5) is 2.44. The fourth-order valence-electron chi connectivity index (χ4n) is 9.18. The van der Waals surface area contributed by atoms with Crippen LogP contribution in [0.4, 0.5) is 17.1 Å². The highest BCUT2D eigenvalue weighted by Crippen LogP contribution is 2.48.